The summed E-state index contributed by atoms with van der Waals surface area (Å²) in [6.07, 6.45) is -0.971. The number of ether oxygens (including phenoxy) is 1. The smallest absolute Gasteiger partial charge is 0.422 e. The van der Waals surface area contributed by atoms with E-state index in [1.807, 2.05) is 0 Å². The van der Waals surface area contributed by atoms with Crippen molar-refractivity contribution in [3.05, 3.63) is 29.8 Å². The maximum atomic E-state index is 12.1. The maximum absolute atomic E-state index is 12.1. The van der Waals surface area contributed by atoms with Gasteiger partial charge in [0.15, 0.2) is 6.61 Å². The molecule has 1 amide bonds. The van der Waals surface area contributed by atoms with Gasteiger partial charge in [-0.3, -0.25) is 4.79 Å². The molecule has 4 nitrogen and oxygen atoms in total. The minimum atomic E-state index is -4.37. The highest BCUT2D eigenvalue weighted by atomic mass is 35.5. The molecule has 2 rings (SSSR count). The normalized spacial score (nSPS) is 20.8. The van der Waals surface area contributed by atoms with Crippen LogP contribution in [0.1, 0.15) is 31.2 Å². The summed E-state index contributed by atoms with van der Waals surface area (Å²) in [7, 11) is 0. The van der Waals surface area contributed by atoms with Crippen molar-refractivity contribution in [2.75, 3.05) is 6.61 Å². The number of hydrogen-bond acceptors (Lipinski definition) is 3. The third-order valence-corrected chi connectivity index (χ3v) is 3.85. The van der Waals surface area contributed by atoms with Crippen molar-refractivity contribution in [2.45, 2.75) is 44.4 Å². The highest BCUT2D eigenvalue weighted by Crippen LogP contribution is 2.23. The second-order valence-electron chi connectivity index (χ2n) is 5.89. The molecule has 136 valence electrons. The molecule has 3 N–H and O–H groups in total. The molecule has 1 aromatic rings. The number of carbonyl (C=O) groups is 1. The second kappa shape index (κ2) is 9.13. The molecule has 0 saturated heterocycles. The van der Waals surface area contributed by atoms with Gasteiger partial charge >= 0.3 is 6.18 Å². The van der Waals surface area contributed by atoms with Crippen molar-refractivity contribution in [3.8, 4) is 5.75 Å². The Balaban J connectivity index is 0.00000288. The van der Waals surface area contributed by atoms with Crippen LogP contribution in [0.5, 0.6) is 5.75 Å². The van der Waals surface area contributed by atoms with Gasteiger partial charge in [0.25, 0.3) is 0 Å². The lowest BCUT2D eigenvalue weighted by atomic mass is 9.85. The first kappa shape index (κ1) is 20.6. The van der Waals surface area contributed by atoms with Crippen LogP contribution in [0.25, 0.3) is 0 Å². The molecule has 1 saturated carbocycles. The van der Waals surface area contributed by atoms with Crippen LogP contribution in [0.2, 0.25) is 0 Å². The molecule has 0 bridgehead atoms. The molecule has 2 unspecified atom stereocenters. The Morgan fingerprint density at radius 1 is 1.33 bits per heavy atom. The maximum Gasteiger partial charge on any atom is 0.422 e. The molecule has 0 spiro atoms. The van der Waals surface area contributed by atoms with Crippen molar-refractivity contribution < 1.29 is 22.7 Å². The molecule has 0 heterocycles. The summed E-state index contributed by atoms with van der Waals surface area (Å²) in [5.74, 6) is -0.000984. The number of hydrogen-bond donors (Lipinski definition) is 2. The van der Waals surface area contributed by atoms with E-state index in [0.717, 1.165) is 19.3 Å². The van der Waals surface area contributed by atoms with Gasteiger partial charge in [0.2, 0.25) is 5.91 Å². The van der Waals surface area contributed by atoms with Crippen molar-refractivity contribution in [3.63, 3.8) is 0 Å². The third-order valence-electron chi connectivity index (χ3n) is 3.85. The van der Waals surface area contributed by atoms with Gasteiger partial charge in [-0.2, -0.15) is 13.2 Å². The van der Waals surface area contributed by atoms with Crippen molar-refractivity contribution in [2.24, 2.45) is 11.7 Å². The van der Waals surface area contributed by atoms with Crippen LogP contribution in [0.4, 0.5) is 13.2 Å². The first-order valence-electron chi connectivity index (χ1n) is 7.65. The predicted octanol–water partition coefficient (Wildman–Crippen LogP) is 3.18. The fraction of sp³-hybridized carbons (Fsp3) is 0.562. The Morgan fingerprint density at radius 2 is 2.08 bits per heavy atom. The van der Waals surface area contributed by atoms with E-state index in [1.165, 1.54) is 12.1 Å². The van der Waals surface area contributed by atoms with Gasteiger partial charge in [0.1, 0.15) is 5.75 Å². The van der Waals surface area contributed by atoms with E-state index in [0.29, 0.717) is 12.0 Å². The number of carbonyl (C=O) groups excluding carboxylic acids is 1. The highest BCUT2D eigenvalue weighted by molar-refractivity contribution is 5.85. The van der Waals surface area contributed by atoms with Crippen LogP contribution in [0, 0.1) is 5.92 Å². The molecule has 1 aliphatic carbocycles. The Kier molecular flexibility index (Phi) is 7.83. The summed E-state index contributed by atoms with van der Waals surface area (Å²) in [6, 6.07) is 6.35. The summed E-state index contributed by atoms with van der Waals surface area (Å²) in [6.45, 7) is -1.07. The lowest BCUT2D eigenvalue weighted by molar-refractivity contribution is -0.153. The molecule has 0 aromatic heterocycles. The van der Waals surface area contributed by atoms with Gasteiger partial charge in [0.05, 0.1) is 0 Å². The average molecular weight is 367 g/mol. The van der Waals surface area contributed by atoms with Crippen LogP contribution in [0.15, 0.2) is 24.3 Å². The Morgan fingerprint density at radius 3 is 2.75 bits per heavy atom. The largest absolute Gasteiger partial charge is 0.484 e. The number of rotatable bonds is 5. The van der Waals surface area contributed by atoms with E-state index < -0.39 is 12.8 Å². The minimum absolute atomic E-state index is 0. The Bertz CT molecular complexity index is 540. The molecule has 8 heteroatoms. The van der Waals surface area contributed by atoms with Crippen molar-refractivity contribution >= 4 is 18.3 Å². The molecule has 1 aromatic carbocycles. The topological polar surface area (TPSA) is 64.4 Å². The number of halogens is 4. The van der Waals surface area contributed by atoms with Crippen LogP contribution in [-0.2, 0) is 11.3 Å². The number of amides is 1. The van der Waals surface area contributed by atoms with Crippen molar-refractivity contribution in [1.82, 2.24) is 5.32 Å². The van der Waals surface area contributed by atoms with Crippen LogP contribution < -0.4 is 15.8 Å². The first-order chi connectivity index (χ1) is 10.8. The summed E-state index contributed by atoms with van der Waals surface area (Å²) in [5, 5.41) is 2.82. The monoisotopic (exact) mass is 366 g/mol. The first-order valence-corrected chi connectivity index (χ1v) is 7.65. The Labute approximate surface area is 145 Å². The zero-order valence-corrected chi connectivity index (χ0v) is 14.0. The predicted molar refractivity (Wildman–Crippen MR) is 87.0 cm³/mol. The molecule has 1 fully saturated rings. The van der Waals surface area contributed by atoms with Gasteiger partial charge in [-0.05, 0) is 37.0 Å². The van der Waals surface area contributed by atoms with Crippen LogP contribution in [0.3, 0.4) is 0 Å². The quantitative estimate of drug-likeness (QED) is 0.841. The third kappa shape index (κ3) is 6.97. The number of alkyl halides is 3. The highest BCUT2D eigenvalue weighted by Gasteiger charge is 2.28. The van der Waals surface area contributed by atoms with E-state index in [2.05, 4.69) is 5.32 Å². The SMILES string of the molecule is Cl.NC1CCCC(C(=O)NCc2cccc(OCC(F)(F)F)c2)C1. The van der Waals surface area contributed by atoms with Gasteiger partial charge in [-0.1, -0.05) is 18.6 Å². The van der Waals surface area contributed by atoms with Crippen LogP contribution >= 0.6 is 12.4 Å². The summed E-state index contributed by atoms with van der Waals surface area (Å²) in [5.41, 5.74) is 6.56. The second-order valence-corrected chi connectivity index (χ2v) is 5.89. The van der Waals surface area contributed by atoms with Crippen LogP contribution in [-0.4, -0.2) is 24.7 Å². The molecule has 1 aliphatic rings. The van der Waals surface area contributed by atoms with E-state index in [4.69, 9.17) is 10.5 Å². The van der Waals surface area contributed by atoms with E-state index >= 15 is 0 Å². The fourth-order valence-corrected chi connectivity index (χ4v) is 2.71. The van der Waals surface area contributed by atoms with E-state index in [1.54, 1.807) is 12.1 Å². The number of nitrogens with two attached hydrogens (primary N) is 1. The number of nitrogens with one attached hydrogen (secondary N) is 1. The van der Waals surface area contributed by atoms with Gasteiger partial charge in [-0.25, -0.2) is 0 Å². The van der Waals surface area contributed by atoms with Gasteiger partial charge in [0, 0.05) is 18.5 Å². The summed E-state index contributed by atoms with van der Waals surface area (Å²) < 4.78 is 41.1. The van der Waals surface area contributed by atoms with E-state index in [9.17, 15) is 18.0 Å². The Hall–Kier alpha value is -1.47. The fourth-order valence-electron chi connectivity index (χ4n) is 2.71. The van der Waals surface area contributed by atoms with Gasteiger partial charge < -0.3 is 15.8 Å². The summed E-state index contributed by atoms with van der Waals surface area (Å²) in [4.78, 5) is 12.1. The molecule has 0 radical (unpaired) electrons. The molecular weight excluding hydrogens is 345 g/mol. The standard InChI is InChI=1S/C16H21F3N2O2.ClH/c17-16(18,19)10-23-14-6-1-3-11(7-14)9-21-15(22)12-4-2-5-13(20)8-12;/h1,3,6-7,12-13H,2,4-5,8-10,20H2,(H,21,22);1H. The zero-order chi connectivity index (χ0) is 16.9. The lowest BCUT2D eigenvalue weighted by Gasteiger charge is -2.25. The molecule has 2 atom stereocenters. The van der Waals surface area contributed by atoms with Crippen molar-refractivity contribution in [1.29, 1.82) is 0 Å². The number of benzene rings is 1. The molecule has 24 heavy (non-hydrogen) atoms. The molecule has 0 aliphatic heterocycles. The minimum Gasteiger partial charge on any atom is -0.484 e. The summed E-state index contributed by atoms with van der Waals surface area (Å²) >= 11 is 0. The molecular formula is C16H22ClF3N2O2. The average Bonchev–Trinajstić information content (AvgIpc) is 2.50. The lowest BCUT2D eigenvalue weighted by Crippen LogP contribution is -2.37. The zero-order valence-electron chi connectivity index (χ0n) is 13.1. The van der Waals surface area contributed by atoms with E-state index in [-0.39, 0.29) is 42.6 Å². The van der Waals surface area contributed by atoms with Gasteiger partial charge in [-0.15, -0.1) is 12.4 Å².